The number of carbonyl (C=O) groups is 2. The standard InChI is InChI=1S/C16H22I3N3O7/c1-20-14-12(18)9(15(28)21-2-6(26)3-23)11(17)10(13(14)19)16(29)22-7(4-24)8(27)5-25/h6-8,20,23-27H,2-5H2,1H3,(H,21,28)(H,22,29). The minimum atomic E-state index is -1.35. The second kappa shape index (κ2) is 12.7. The van der Waals surface area contributed by atoms with Crippen molar-refractivity contribution in [2.45, 2.75) is 18.2 Å². The van der Waals surface area contributed by atoms with Crippen LogP contribution in [-0.2, 0) is 0 Å². The first-order valence-electron chi connectivity index (χ1n) is 8.30. The topological polar surface area (TPSA) is 171 Å². The van der Waals surface area contributed by atoms with Gasteiger partial charge in [0.25, 0.3) is 11.8 Å². The van der Waals surface area contributed by atoms with Gasteiger partial charge >= 0.3 is 0 Å². The van der Waals surface area contributed by atoms with E-state index in [0.29, 0.717) is 16.4 Å². The first-order chi connectivity index (χ1) is 13.6. The molecule has 2 amide bonds. The maximum Gasteiger partial charge on any atom is 0.253 e. The molecule has 0 heterocycles. The molecule has 0 aliphatic rings. The van der Waals surface area contributed by atoms with E-state index in [-0.39, 0.29) is 17.7 Å². The average Bonchev–Trinajstić information content (AvgIpc) is 2.69. The van der Waals surface area contributed by atoms with Crippen LogP contribution < -0.4 is 16.0 Å². The number of aliphatic hydroxyl groups excluding tert-OH is 5. The van der Waals surface area contributed by atoms with E-state index >= 15 is 0 Å². The Balaban J connectivity index is 3.41. The Morgan fingerprint density at radius 3 is 1.90 bits per heavy atom. The number of halogens is 3. The van der Waals surface area contributed by atoms with Crippen LogP contribution in [0.5, 0.6) is 0 Å². The average molecular weight is 749 g/mol. The summed E-state index contributed by atoms with van der Waals surface area (Å²) in [6, 6.07) is -1.09. The summed E-state index contributed by atoms with van der Waals surface area (Å²) in [4.78, 5) is 25.6. The summed E-state index contributed by atoms with van der Waals surface area (Å²) in [6.07, 6.45) is -2.47. The van der Waals surface area contributed by atoms with Crippen LogP contribution in [0.25, 0.3) is 0 Å². The summed E-state index contributed by atoms with van der Waals surface area (Å²) in [6.45, 7) is -1.91. The van der Waals surface area contributed by atoms with Crippen molar-refractivity contribution in [2.24, 2.45) is 0 Å². The van der Waals surface area contributed by atoms with Gasteiger partial charge in [0.2, 0.25) is 0 Å². The van der Waals surface area contributed by atoms with Gasteiger partial charge in [0.1, 0.15) is 0 Å². The fourth-order valence-electron chi connectivity index (χ4n) is 2.28. The van der Waals surface area contributed by atoms with Gasteiger partial charge in [-0.15, -0.1) is 0 Å². The number of hydrogen-bond donors (Lipinski definition) is 8. The minimum absolute atomic E-state index is 0.160. The smallest absolute Gasteiger partial charge is 0.253 e. The molecule has 10 nitrogen and oxygen atoms in total. The Hall–Kier alpha value is -0.0500. The summed E-state index contributed by atoms with van der Waals surface area (Å²) in [5, 5.41) is 54.5. The number of amides is 2. The molecule has 0 spiro atoms. The van der Waals surface area contributed by atoms with Crippen LogP contribution in [0.4, 0.5) is 5.69 Å². The lowest BCUT2D eigenvalue weighted by molar-refractivity contribution is 0.0388. The lowest BCUT2D eigenvalue weighted by Gasteiger charge is -2.23. The van der Waals surface area contributed by atoms with Crippen molar-refractivity contribution >= 4 is 85.3 Å². The number of nitrogens with one attached hydrogen (secondary N) is 3. The number of rotatable bonds is 10. The van der Waals surface area contributed by atoms with Crippen LogP contribution in [0.1, 0.15) is 20.7 Å². The number of carbonyl (C=O) groups excluding carboxylic acids is 2. The van der Waals surface area contributed by atoms with E-state index in [1.54, 1.807) is 7.05 Å². The number of aliphatic hydroxyl groups is 5. The monoisotopic (exact) mass is 749 g/mol. The summed E-state index contributed by atoms with van der Waals surface area (Å²) in [5.41, 5.74) is 0.898. The van der Waals surface area contributed by atoms with E-state index in [1.807, 2.05) is 67.8 Å². The predicted molar refractivity (Wildman–Crippen MR) is 131 cm³/mol. The largest absolute Gasteiger partial charge is 0.394 e. The Morgan fingerprint density at radius 2 is 1.45 bits per heavy atom. The maximum absolute atomic E-state index is 12.9. The molecule has 1 aromatic rings. The molecular weight excluding hydrogens is 727 g/mol. The number of benzene rings is 1. The molecule has 29 heavy (non-hydrogen) atoms. The first-order valence-corrected chi connectivity index (χ1v) is 11.5. The van der Waals surface area contributed by atoms with Gasteiger partial charge in [-0.2, -0.15) is 0 Å². The lowest BCUT2D eigenvalue weighted by Crippen LogP contribution is -2.47. The third-order valence-electron chi connectivity index (χ3n) is 3.89. The third-order valence-corrected chi connectivity index (χ3v) is 7.13. The minimum Gasteiger partial charge on any atom is -0.394 e. The molecule has 1 rings (SSSR count). The van der Waals surface area contributed by atoms with Crippen LogP contribution in [0.2, 0.25) is 0 Å². The van der Waals surface area contributed by atoms with Crippen molar-refractivity contribution in [3.05, 3.63) is 21.8 Å². The highest BCUT2D eigenvalue weighted by atomic mass is 127. The summed E-state index contributed by atoms with van der Waals surface area (Å²) < 4.78 is 1.41. The fraction of sp³-hybridized carbons (Fsp3) is 0.500. The lowest BCUT2D eigenvalue weighted by atomic mass is 10.1. The second-order valence-electron chi connectivity index (χ2n) is 5.88. The molecule has 0 saturated heterocycles. The molecular formula is C16H22I3N3O7. The second-order valence-corrected chi connectivity index (χ2v) is 9.11. The molecule has 0 bridgehead atoms. The van der Waals surface area contributed by atoms with Gasteiger partial charge in [-0.1, -0.05) is 0 Å². The van der Waals surface area contributed by atoms with Crippen molar-refractivity contribution < 1.29 is 35.1 Å². The quantitative estimate of drug-likeness (QED) is 0.142. The zero-order valence-corrected chi connectivity index (χ0v) is 21.7. The van der Waals surface area contributed by atoms with E-state index in [1.165, 1.54) is 0 Å². The van der Waals surface area contributed by atoms with Crippen molar-refractivity contribution in [3.63, 3.8) is 0 Å². The van der Waals surface area contributed by atoms with Gasteiger partial charge in [-0.25, -0.2) is 0 Å². The molecule has 8 N–H and O–H groups in total. The number of hydrogen-bond acceptors (Lipinski definition) is 8. The molecule has 0 fully saturated rings. The van der Waals surface area contributed by atoms with E-state index in [9.17, 15) is 24.9 Å². The van der Waals surface area contributed by atoms with Crippen LogP contribution in [0.15, 0.2) is 0 Å². The summed E-state index contributed by atoms with van der Waals surface area (Å²) in [7, 11) is 1.64. The molecule has 0 radical (unpaired) electrons. The molecule has 1 aromatic carbocycles. The fourth-order valence-corrected chi connectivity index (χ4v) is 6.96. The van der Waals surface area contributed by atoms with Gasteiger partial charge in [-0.05, 0) is 67.8 Å². The van der Waals surface area contributed by atoms with Gasteiger partial charge < -0.3 is 41.5 Å². The van der Waals surface area contributed by atoms with Gasteiger partial charge in [0.15, 0.2) is 0 Å². The van der Waals surface area contributed by atoms with E-state index in [2.05, 4.69) is 16.0 Å². The molecule has 3 atom stereocenters. The Labute approximate surface area is 208 Å². The van der Waals surface area contributed by atoms with Crippen molar-refractivity contribution in [1.29, 1.82) is 0 Å². The van der Waals surface area contributed by atoms with E-state index in [4.69, 9.17) is 10.2 Å². The zero-order chi connectivity index (χ0) is 22.3. The van der Waals surface area contributed by atoms with Crippen molar-refractivity contribution in [2.75, 3.05) is 38.7 Å². The van der Waals surface area contributed by atoms with E-state index in [0.717, 1.165) is 0 Å². The first kappa shape index (κ1) is 27.0. The van der Waals surface area contributed by atoms with Gasteiger partial charge in [0.05, 0.1) is 62.0 Å². The van der Waals surface area contributed by atoms with Crippen LogP contribution in [0.3, 0.4) is 0 Å². The molecule has 164 valence electrons. The van der Waals surface area contributed by atoms with Crippen LogP contribution in [0, 0.1) is 10.7 Å². The molecule has 0 aromatic heterocycles. The third kappa shape index (κ3) is 6.71. The highest BCUT2D eigenvalue weighted by Gasteiger charge is 2.29. The molecule has 0 saturated carbocycles. The molecule has 3 unspecified atom stereocenters. The molecule has 0 aliphatic carbocycles. The van der Waals surface area contributed by atoms with Crippen molar-refractivity contribution in [1.82, 2.24) is 10.6 Å². The van der Waals surface area contributed by atoms with Crippen LogP contribution in [-0.4, -0.2) is 89.0 Å². The summed E-state index contributed by atoms with van der Waals surface area (Å²) in [5.74, 6) is -1.18. The van der Waals surface area contributed by atoms with Crippen molar-refractivity contribution in [3.8, 4) is 0 Å². The summed E-state index contributed by atoms with van der Waals surface area (Å²) >= 11 is 5.79. The van der Waals surface area contributed by atoms with E-state index < -0.39 is 49.9 Å². The Kier molecular flexibility index (Phi) is 11.8. The maximum atomic E-state index is 12.9. The Bertz CT molecular complexity index is 751. The predicted octanol–water partition coefficient (Wildman–Crippen LogP) is -0.931. The van der Waals surface area contributed by atoms with Gasteiger partial charge in [0, 0.05) is 17.2 Å². The van der Waals surface area contributed by atoms with Gasteiger partial charge in [-0.3, -0.25) is 9.59 Å². The normalized spacial score (nSPS) is 14.1. The SMILES string of the molecule is CNc1c(I)c(C(=O)NCC(O)CO)c(I)c(C(=O)NC(CO)C(O)CO)c1I. The molecule has 0 aliphatic heterocycles. The zero-order valence-electron chi connectivity index (χ0n) is 15.2. The number of anilines is 1. The van der Waals surface area contributed by atoms with Crippen LogP contribution >= 0.6 is 67.8 Å². The molecule has 13 heteroatoms. The Morgan fingerprint density at radius 1 is 0.897 bits per heavy atom. The highest BCUT2D eigenvalue weighted by Crippen LogP contribution is 2.35. The highest BCUT2D eigenvalue weighted by molar-refractivity contribution is 14.1.